The number of carboxylic acid groups (broad SMARTS) is 1. The van der Waals surface area contributed by atoms with E-state index in [1.807, 2.05) is 41.3 Å². The Balaban J connectivity index is 1.03. The van der Waals surface area contributed by atoms with E-state index in [-0.39, 0.29) is 12.1 Å². The summed E-state index contributed by atoms with van der Waals surface area (Å²) in [5.41, 5.74) is 3.02. The molecule has 1 unspecified atom stereocenters. The highest BCUT2D eigenvalue weighted by Crippen LogP contribution is 2.34. The van der Waals surface area contributed by atoms with Gasteiger partial charge in [0.25, 0.3) is 0 Å². The average Bonchev–Trinajstić information content (AvgIpc) is 3.70. The Kier molecular flexibility index (Phi) is 7.58. The van der Waals surface area contributed by atoms with Crippen molar-refractivity contribution in [3.05, 3.63) is 53.9 Å². The zero-order chi connectivity index (χ0) is 25.9. The molecule has 5 heterocycles. The highest BCUT2D eigenvalue weighted by molar-refractivity contribution is 5.88. The Hall–Kier alpha value is -3.01. The fraction of sp³-hybridized carbons (Fsp3) is 0.552. The monoisotopic (exact) mass is 519 g/mol. The maximum Gasteiger partial charge on any atom is 0.325 e. The molecule has 0 aliphatic carbocycles. The Morgan fingerprint density at radius 1 is 1.21 bits per heavy atom. The first kappa shape index (κ1) is 25.3. The van der Waals surface area contributed by atoms with Gasteiger partial charge in [-0.15, -0.1) is 0 Å². The molecule has 9 nitrogen and oxygen atoms in total. The van der Waals surface area contributed by atoms with Crippen molar-refractivity contribution in [2.75, 3.05) is 38.2 Å². The first-order valence-electron chi connectivity index (χ1n) is 14.0. The Morgan fingerprint density at radius 2 is 2.16 bits per heavy atom. The zero-order valence-corrected chi connectivity index (χ0v) is 21.8. The number of para-hydroxylation sites is 1. The van der Waals surface area contributed by atoms with E-state index in [2.05, 4.69) is 26.4 Å². The van der Waals surface area contributed by atoms with Gasteiger partial charge in [-0.3, -0.25) is 14.4 Å². The lowest BCUT2D eigenvalue weighted by atomic mass is 9.97. The van der Waals surface area contributed by atoms with Crippen molar-refractivity contribution in [1.82, 2.24) is 19.7 Å². The van der Waals surface area contributed by atoms with E-state index in [0.29, 0.717) is 39.0 Å². The number of aryl methyl sites for hydroxylation is 1. The maximum atomic E-state index is 12.6. The molecule has 9 heteroatoms. The molecule has 202 valence electrons. The summed E-state index contributed by atoms with van der Waals surface area (Å²) in [7, 11) is 0. The zero-order valence-electron chi connectivity index (χ0n) is 21.8. The number of benzene rings is 1. The number of fused-ring (bicyclic) bond motifs is 2. The van der Waals surface area contributed by atoms with Crippen LogP contribution in [0.3, 0.4) is 0 Å². The van der Waals surface area contributed by atoms with Gasteiger partial charge >= 0.3 is 5.97 Å². The van der Waals surface area contributed by atoms with Crippen molar-refractivity contribution in [1.29, 1.82) is 0 Å². The number of hydrogen-bond acceptors (Lipinski definition) is 7. The molecule has 0 bridgehead atoms. The molecule has 3 aromatic rings. The molecule has 0 radical (unpaired) electrons. The van der Waals surface area contributed by atoms with Crippen molar-refractivity contribution >= 4 is 22.7 Å². The van der Waals surface area contributed by atoms with Crippen LogP contribution in [0, 0.1) is 0 Å². The van der Waals surface area contributed by atoms with Crippen LogP contribution in [0.25, 0.3) is 10.9 Å². The summed E-state index contributed by atoms with van der Waals surface area (Å²) in [6.45, 7) is 3.37. The SMILES string of the molecule is O=C(O)C(c1cccc2cnn([C@H]3CCOC3)c12)N1CC[C@@H](OCCCC[C@H]2CCc3cccnc3N2)C1. The summed E-state index contributed by atoms with van der Waals surface area (Å²) >= 11 is 0. The van der Waals surface area contributed by atoms with Gasteiger partial charge in [-0.25, -0.2) is 4.98 Å². The first-order valence-corrected chi connectivity index (χ1v) is 14.0. The maximum absolute atomic E-state index is 12.6. The smallest absolute Gasteiger partial charge is 0.325 e. The van der Waals surface area contributed by atoms with Gasteiger partial charge < -0.3 is 19.9 Å². The van der Waals surface area contributed by atoms with Crippen molar-refractivity contribution in [3.63, 3.8) is 0 Å². The van der Waals surface area contributed by atoms with Crippen LogP contribution in [-0.2, 0) is 20.7 Å². The Labute approximate surface area is 223 Å². The van der Waals surface area contributed by atoms with Gasteiger partial charge in [-0.1, -0.05) is 24.3 Å². The van der Waals surface area contributed by atoms with Crippen molar-refractivity contribution in [2.45, 2.75) is 69.2 Å². The predicted molar refractivity (Wildman–Crippen MR) is 144 cm³/mol. The molecule has 0 spiro atoms. The van der Waals surface area contributed by atoms with Crippen LogP contribution in [0.1, 0.15) is 61.7 Å². The molecule has 38 heavy (non-hydrogen) atoms. The fourth-order valence-corrected chi connectivity index (χ4v) is 6.28. The number of anilines is 1. The van der Waals surface area contributed by atoms with Crippen LogP contribution in [-0.4, -0.2) is 75.8 Å². The summed E-state index contributed by atoms with van der Waals surface area (Å²) in [6.07, 6.45) is 10.9. The van der Waals surface area contributed by atoms with Gasteiger partial charge in [0.2, 0.25) is 0 Å². The number of nitrogens with zero attached hydrogens (tertiary/aromatic N) is 4. The third-order valence-corrected chi connectivity index (χ3v) is 8.27. The highest BCUT2D eigenvalue weighted by atomic mass is 16.5. The van der Waals surface area contributed by atoms with E-state index < -0.39 is 12.0 Å². The van der Waals surface area contributed by atoms with E-state index in [1.165, 1.54) is 5.56 Å². The summed E-state index contributed by atoms with van der Waals surface area (Å²) < 4.78 is 13.8. The molecule has 2 aromatic heterocycles. The van der Waals surface area contributed by atoms with Gasteiger partial charge in [0.1, 0.15) is 11.9 Å². The summed E-state index contributed by atoms with van der Waals surface area (Å²) in [6, 6.07) is 9.93. The lowest BCUT2D eigenvalue weighted by Gasteiger charge is -2.26. The standard InChI is InChI=1S/C29H37N5O4/c35-29(36)27(25-8-3-5-21-17-31-34(26(21)25)23-12-16-37-19-23)33-14-11-24(18-33)38-15-2-1-7-22-10-9-20-6-4-13-30-28(20)32-22/h3-6,8,13,17,22-24,27H,1-2,7,9-12,14-16,18-19H2,(H,30,32)(H,35,36)/t22-,23-,24+,27?/m0/s1. The van der Waals surface area contributed by atoms with Gasteiger partial charge in [-0.05, 0) is 56.6 Å². The predicted octanol–water partition coefficient (Wildman–Crippen LogP) is 4.21. The van der Waals surface area contributed by atoms with E-state index >= 15 is 0 Å². The number of pyridine rings is 1. The third-order valence-electron chi connectivity index (χ3n) is 8.27. The number of carbonyl (C=O) groups is 1. The quantitative estimate of drug-likeness (QED) is 0.384. The minimum absolute atomic E-state index is 0.0630. The number of likely N-dealkylation sites (tertiary alicyclic amines) is 1. The van der Waals surface area contributed by atoms with Crippen LogP contribution in [0.15, 0.2) is 42.7 Å². The lowest BCUT2D eigenvalue weighted by molar-refractivity contribution is -0.143. The number of aromatic nitrogens is 3. The average molecular weight is 520 g/mol. The highest BCUT2D eigenvalue weighted by Gasteiger charge is 2.36. The number of unbranched alkanes of at least 4 members (excludes halogenated alkanes) is 1. The molecule has 0 saturated carbocycles. The second-order valence-corrected chi connectivity index (χ2v) is 10.8. The second-order valence-electron chi connectivity index (χ2n) is 10.8. The molecule has 3 aliphatic rings. The number of rotatable bonds is 10. The minimum atomic E-state index is -0.829. The molecule has 1 aromatic carbocycles. The third kappa shape index (κ3) is 5.28. The summed E-state index contributed by atoms with van der Waals surface area (Å²) in [5.74, 6) is 0.207. The van der Waals surface area contributed by atoms with Crippen LogP contribution in [0.2, 0.25) is 0 Å². The van der Waals surface area contributed by atoms with E-state index in [4.69, 9.17) is 9.47 Å². The Morgan fingerprint density at radius 3 is 3.03 bits per heavy atom. The number of carboxylic acids is 1. The molecule has 6 rings (SSSR count). The van der Waals surface area contributed by atoms with Gasteiger partial charge in [0.15, 0.2) is 0 Å². The summed E-state index contributed by atoms with van der Waals surface area (Å²) in [5, 5.41) is 19.5. The molecular formula is C29H37N5O4. The number of nitrogens with one attached hydrogen (secondary N) is 1. The summed E-state index contributed by atoms with van der Waals surface area (Å²) in [4.78, 5) is 19.1. The largest absolute Gasteiger partial charge is 0.480 e. The minimum Gasteiger partial charge on any atom is -0.480 e. The Bertz CT molecular complexity index is 1260. The van der Waals surface area contributed by atoms with Gasteiger partial charge in [-0.2, -0.15) is 5.10 Å². The molecule has 4 atom stereocenters. The van der Waals surface area contributed by atoms with Crippen molar-refractivity contribution < 1.29 is 19.4 Å². The van der Waals surface area contributed by atoms with Crippen LogP contribution >= 0.6 is 0 Å². The number of ether oxygens (including phenoxy) is 2. The normalized spacial score (nSPS) is 24.4. The molecule has 2 saturated heterocycles. The van der Waals surface area contributed by atoms with Crippen LogP contribution < -0.4 is 5.32 Å². The topological polar surface area (TPSA) is 102 Å². The lowest BCUT2D eigenvalue weighted by Crippen LogP contribution is -2.34. The molecule has 2 fully saturated rings. The van der Waals surface area contributed by atoms with E-state index in [0.717, 1.165) is 67.2 Å². The van der Waals surface area contributed by atoms with Crippen LogP contribution in [0.5, 0.6) is 0 Å². The fourth-order valence-electron chi connectivity index (χ4n) is 6.28. The van der Waals surface area contributed by atoms with E-state index in [1.54, 1.807) is 0 Å². The van der Waals surface area contributed by atoms with Crippen molar-refractivity contribution in [3.8, 4) is 0 Å². The number of aliphatic carboxylic acids is 1. The molecule has 3 aliphatic heterocycles. The number of hydrogen-bond donors (Lipinski definition) is 2. The molecular weight excluding hydrogens is 482 g/mol. The van der Waals surface area contributed by atoms with Crippen molar-refractivity contribution in [2.24, 2.45) is 0 Å². The van der Waals surface area contributed by atoms with E-state index in [9.17, 15) is 9.90 Å². The van der Waals surface area contributed by atoms with Gasteiger partial charge in [0.05, 0.1) is 30.5 Å². The van der Waals surface area contributed by atoms with Gasteiger partial charge in [0, 0.05) is 49.5 Å². The molecule has 0 amide bonds. The first-order chi connectivity index (χ1) is 18.7. The second kappa shape index (κ2) is 11.4. The molecule has 2 N–H and O–H groups in total. The van der Waals surface area contributed by atoms with Crippen LogP contribution in [0.4, 0.5) is 5.82 Å².